The number of hydrogen-bond donors (Lipinski definition) is 2. The van der Waals surface area contributed by atoms with Gasteiger partial charge in [0.05, 0.1) is 0 Å². The Hall–Kier alpha value is -1.26. The number of rotatable bonds is 4. The lowest BCUT2D eigenvalue weighted by molar-refractivity contribution is 0.174. The lowest BCUT2D eigenvalue weighted by Crippen LogP contribution is -2.31. The molecule has 0 fully saturated rings. The molecule has 94 valence electrons. The Morgan fingerprint density at radius 1 is 1.24 bits per heavy atom. The lowest BCUT2D eigenvalue weighted by atomic mass is 9.85. The number of benzene rings is 1. The van der Waals surface area contributed by atoms with E-state index >= 15 is 0 Å². The van der Waals surface area contributed by atoms with E-state index in [4.69, 9.17) is 20.9 Å². The highest BCUT2D eigenvalue weighted by atomic mass is 16.7. The highest BCUT2D eigenvalue weighted by Crippen LogP contribution is 2.35. The molecular formula is C13H20N2O2. The van der Waals surface area contributed by atoms with Gasteiger partial charge in [0.2, 0.25) is 6.79 Å². The van der Waals surface area contributed by atoms with E-state index in [0.717, 1.165) is 17.1 Å². The topological polar surface area (TPSA) is 70.5 Å². The first kappa shape index (κ1) is 12.2. The largest absolute Gasteiger partial charge is 0.454 e. The summed E-state index contributed by atoms with van der Waals surface area (Å²) < 4.78 is 10.6. The predicted octanol–water partition coefficient (Wildman–Crippen LogP) is 1.65. The molecule has 1 aromatic rings. The lowest BCUT2D eigenvalue weighted by Gasteiger charge is -2.26. The van der Waals surface area contributed by atoms with E-state index in [1.807, 2.05) is 18.2 Å². The van der Waals surface area contributed by atoms with Crippen LogP contribution in [0.1, 0.15) is 25.5 Å². The molecule has 0 amide bonds. The minimum absolute atomic E-state index is 0.0606. The summed E-state index contributed by atoms with van der Waals surface area (Å²) in [6.07, 6.45) is 0. The molecule has 0 bridgehead atoms. The van der Waals surface area contributed by atoms with Crippen molar-refractivity contribution in [2.45, 2.75) is 19.9 Å². The first-order valence-corrected chi connectivity index (χ1v) is 5.98. The Balaban J connectivity index is 2.21. The summed E-state index contributed by atoms with van der Waals surface area (Å²) in [5.74, 6) is 2.29. The van der Waals surface area contributed by atoms with Gasteiger partial charge in [0.25, 0.3) is 0 Å². The van der Waals surface area contributed by atoms with Crippen molar-refractivity contribution in [2.75, 3.05) is 13.3 Å². The monoisotopic (exact) mass is 236 g/mol. The standard InChI is InChI=1S/C13H20N2O2/c1-8(2)10(6-14)13(15)9-3-4-11-12(5-9)17-7-16-11/h3-5,8,10,13H,6-7,14-15H2,1-2H3. The quantitative estimate of drug-likeness (QED) is 0.833. The fourth-order valence-electron chi connectivity index (χ4n) is 2.20. The van der Waals surface area contributed by atoms with Crippen LogP contribution >= 0.6 is 0 Å². The second-order valence-corrected chi connectivity index (χ2v) is 4.78. The summed E-state index contributed by atoms with van der Waals surface area (Å²) in [5, 5.41) is 0. The molecule has 0 spiro atoms. The number of fused-ring (bicyclic) bond motifs is 1. The van der Waals surface area contributed by atoms with Crippen molar-refractivity contribution in [3.63, 3.8) is 0 Å². The second kappa shape index (κ2) is 4.94. The van der Waals surface area contributed by atoms with Gasteiger partial charge in [-0.2, -0.15) is 0 Å². The van der Waals surface area contributed by atoms with Gasteiger partial charge in [0.15, 0.2) is 11.5 Å². The van der Waals surface area contributed by atoms with Crippen LogP contribution in [0.25, 0.3) is 0 Å². The van der Waals surface area contributed by atoms with Crippen LogP contribution in [-0.4, -0.2) is 13.3 Å². The van der Waals surface area contributed by atoms with Gasteiger partial charge in [-0.05, 0) is 36.1 Å². The van der Waals surface area contributed by atoms with Crippen molar-refractivity contribution in [3.05, 3.63) is 23.8 Å². The van der Waals surface area contributed by atoms with Crippen molar-refractivity contribution < 1.29 is 9.47 Å². The first-order valence-electron chi connectivity index (χ1n) is 5.98. The van der Waals surface area contributed by atoms with Gasteiger partial charge >= 0.3 is 0 Å². The Kier molecular flexibility index (Phi) is 3.54. The maximum absolute atomic E-state index is 6.27. The van der Waals surface area contributed by atoms with E-state index in [2.05, 4.69) is 13.8 Å². The maximum atomic E-state index is 6.27. The fraction of sp³-hybridized carbons (Fsp3) is 0.538. The molecule has 0 saturated heterocycles. The average molecular weight is 236 g/mol. The maximum Gasteiger partial charge on any atom is 0.231 e. The van der Waals surface area contributed by atoms with Crippen molar-refractivity contribution >= 4 is 0 Å². The van der Waals surface area contributed by atoms with E-state index in [9.17, 15) is 0 Å². The molecule has 1 heterocycles. The Bertz CT molecular complexity index is 393. The van der Waals surface area contributed by atoms with Crippen molar-refractivity contribution in [1.82, 2.24) is 0 Å². The highest BCUT2D eigenvalue weighted by molar-refractivity contribution is 5.45. The minimum atomic E-state index is -0.0606. The van der Waals surface area contributed by atoms with Crippen LogP contribution in [0.3, 0.4) is 0 Å². The molecule has 1 aliphatic rings. The van der Waals surface area contributed by atoms with E-state index in [-0.39, 0.29) is 12.0 Å². The molecule has 2 unspecified atom stereocenters. The minimum Gasteiger partial charge on any atom is -0.454 e. The van der Waals surface area contributed by atoms with Crippen LogP contribution in [0, 0.1) is 11.8 Å². The molecule has 4 N–H and O–H groups in total. The zero-order chi connectivity index (χ0) is 12.4. The zero-order valence-corrected chi connectivity index (χ0v) is 10.3. The van der Waals surface area contributed by atoms with Crippen molar-refractivity contribution in [1.29, 1.82) is 0 Å². The Labute approximate surface area is 102 Å². The highest BCUT2D eigenvalue weighted by Gasteiger charge is 2.23. The van der Waals surface area contributed by atoms with Crippen LogP contribution in [0.2, 0.25) is 0 Å². The summed E-state index contributed by atoms with van der Waals surface area (Å²) >= 11 is 0. The zero-order valence-electron chi connectivity index (χ0n) is 10.3. The summed E-state index contributed by atoms with van der Waals surface area (Å²) in [4.78, 5) is 0. The SMILES string of the molecule is CC(C)C(CN)C(N)c1ccc2c(c1)OCO2. The molecule has 1 aromatic carbocycles. The summed E-state index contributed by atoms with van der Waals surface area (Å²) in [7, 11) is 0. The molecule has 2 atom stereocenters. The predicted molar refractivity (Wildman–Crippen MR) is 66.9 cm³/mol. The van der Waals surface area contributed by atoms with Crippen molar-refractivity contribution in [3.8, 4) is 11.5 Å². The van der Waals surface area contributed by atoms with Gasteiger partial charge in [-0.3, -0.25) is 0 Å². The molecule has 4 nitrogen and oxygen atoms in total. The third-order valence-corrected chi connectivity index (χ3v) is 3.37. The average Bonchev–Trinajstić information content (AvgIpc) is 2.75. The normalized spacial score (nSPS) is 17.2. The molecule has 0 radical (unpaired) electrons. The Morgan fingerprint density at radius 2 is 1.94 bits per heavy atom. The second-order valence-electron chi connectivity index (χ2n) is 4.78. The van der Waals surface area contributed by atoms with Gasteiger partial charge in [-0.25, -0.2) is 0 Å². The molecular weight excluding hydrogens is 216 g/mol. The summed E-state index contributed by atoms with van der Waals surface area (Å²) in [5.41, 5.74) is 13.1. The van der Waals surface area contributed by atoms with Crippen LogP contribution in [0.4, 0.5) is 0 Å². The third-order valence-electron chi connectivity index (χ3n) is 3.37. The van der Waals surface area contributed by atoms with Gasteiger partial charge in [0, 0.05) is 6.04 Å². The molecule has 1 aliphatic heterocycles. The van der Waals surface area contributed by atoms with Gasteiger partial charge in [-0.15, -0.1) is 0 Å². The fourth-order valence-corrected chi connectivity index (χ4v) is 2.20. The molecule has 0 aromatic heterocycles. The molecule has 4 heteroatoms. The van der Waals surface area contributed by atoms with E-state index in [0.29, 0.717) is 19.3 Å². The van der Waals surface area contributed by atoms with Gasteiger partial charge in [-0.1, -0.05) is 19.9 Å². The van der Waals surface area contributed by atoms with Crippen LogP contribution in [0.15, 0.2) is 18.2 Å². The summed E-state index contributed by atoms with van der Waals surface area (Å²) in [6, 6.07) is 5.79. The molecule has 2 rings (SSSR count). The summed E-state index contributed by atoms with van der Waals surface area (Å²) in [6.45, 7) is 5.17. The molecule has 0 saturated carbocycles. The third kappa shape index (κ3) is 2.37. The number of nitrogens with two attached hydrogens (primary N) is 2. The smallest absolute Gasteiger partial charge is 0.231 e. The van der Waals surface area contributed by atoms with Crippen LogP contribution in [-0.2, 0) is 0 Å². The number of ether oxygens (including phenoxy) is 2. The molecule has 0 aliphatic carbocycles. The number of hydrogen-bond acceptors (Lipinski definition) is 4. The van der Waals surface area contributed by atoms with E-state index in [1.54, 1.807) is 0 Å². The first-order chi connectivity index (χ1) is 8.13. The van der Waals surface area contributed by atoms with Gasteiger partial charge < -0.3 is 20.9 Å². The van der Waals surface area contributed by atoms with Crippen LogP contribution < -0.4 is 20.9 Å². The molecule has 17 heavy (non-hydrogen) atoms. The van der Waals surface area contributed by atoms with Crippen LogP contribution in [0.5, 0.6) is 11.5 Å². The Morgan fingerprint density at radius 3 is 2.59 bits per heavy atom. The van der Waals surface area contributed by atoms with E-state index < -0.39 is 0 Å². The van der Waals surface area contributed by atoms with Gasteiger partial charge in [0.1, 0.15) is 0 Å². The van der Waals surface area contributed by atoms with E-state index in [1.165, 1.54) is 0 Å². The van der Waals surface area contributed by atoms with Crippen molar-refractivity contribution in [2.24, 2.45) is 23.3 Å².